The summed E-state index contributed by atoms with van der Waals surface area (Å²) >= 11 is 0. The zero-order valence-electron chi connectivity index (χ0n) is 15.3. The second-order valence-corrected chi connectivity index (χ2v) is 5.50. The van der Waals surface area contributed by atoms with E-state index in [2.05, 4.69) is 10.6 Å². The quantitative estimate of drug-likeness (QED) is 0.634. The molecular weight excluding hydrogens is 352 g/mol. The lowest BCUT2D eigenvalue weighted by Gasteiger charge is -2.15. The molecule has 3 N–H and O–H groups in total. The van der Waals surface area contributed by atoms with Crippen LogP contribution in [0.15, 0.2) is 42.5 Å². The Morgan fingerprint density at radius 2 is 1.56 bits per heavy atom. The van der Waals surface area contributed by atoms with Crippen molar-refractivity contribution in [2.75, 3.05) is 33.2 Å². The minimum atomic E-state index is -0.913. The zero-order valence-corrected chi connectivity index (χ0v) is 15.3. The van der Waals surface area contributed by atoms with Crippen LogP contribution in [0.2, 0.25) is 0 Å². The van der Waals surface area contributed by atoms with E-state index in [0.717, 1.165) is 0 Å². The van der Waals surface area contributed by atoms with Gasteiger partial charge in [-0.1, -0.05) is 30.3 Å². The first-order chi connectivity index (χ1) is 13.0. The van der Waals surface area contributed by atoms with Crippen molar-refractivity contribution >= 4 is 17.5 Å². The second-order valence-electron chi connectivity index (χ2n) is 5.50. The van der Waals surface area contributed by atoms with Crippen molar-refractivity contribution in [2.45, 2.75) is 6.10 Å². The van der Waals surface area contributed by atoms with Crippen LogP contribution in [0.3, 0.4) is 0 Å². The van der Waals surface area contributed by atoms with Crippen LogP contribution >= 0.6 is 0 Å². The van der Waals surface area contributed by atoms with Crippen LogP contribution in [-0.4, -0.2) is 44.8 Å². The van der Waals surface area contributed by atoms with Gasteiger partial charge in [0.1, 0.15) is 0 Å². The van der Waals surface area contributed by atoms with Gasteiger partial charge in [-0.15, -0.1) is 0 Å². The molecule has 0 unspecified atom stereocenters. The molecule has 0 aromatic heterocycles. The van der Waals surface area contributed by atoms with E-state index >= 15 is 0 Å². The smallest absolute Gasteiger partial charge is 0.313 e. The average Bonchev–Trinajstić information content (AvgIpc) is 2.71. The number of aliphatic hydroxyl groups excluding tert-OH is 1. The Morgan fingerprint density at radius 3 is 2.07 bits per heavy atom. The normalized spacial score (nSPS) is 11.3. The highest BCUT2D eigenvalue weighted by Crippen LogP contribution is 2.39. The Balaban J connectivity index is 2.01. The minimum absolute atomic E-state index is 0.0917. The van der Waals surface area contributed by atoms with E-state index in [1.54, 1.807) is 24.3 Å². The number of amides is 2. The molecule has 0 radical (unpaired) electrons. The molecule has 0 fully saturated rings. The van der Waals surface area contributed by atoms with Gasteiger partial charge in [-0.2, -0.15) is 0 Å². The van der Waals surface area contributed by atoms with Gasteiger partial charge in [0.05, 0.1) is 27.4 Å². The number of ether oxygens (including phenoxy) is 3. The second kappa shape index (κ2) is 9.44. The molecule has 2 rings (SSSR count). The first-order valence-electron chi connectivity index (χ1n) is 8.12. The van der Waals surface area contributed by atoms with Crippen LogP contribution in [0, 0.1) is 0 Å². The van der Waals surface area contributed by atoms with Crippen LogP contribution in [0.25, 0.3) is 0 Å². The molecule has 8 nitrogen and oxygen atoms in total. The highest BCUT2D eigenvalue weighted by molar-refractivity contribution is 6.39. The lowest BCUT2D eigenvalue weighted by atomic mass is 10.1. The summed E-state index contributed by atoms with van der Waals surface area (Å²) < 4.78 is 15.6. The first-order valence-corrected chi connectivity index (χ1v) is 8.12. The molecular formula is C19H22N2O6. The fraction of sp³-hybridized carbons (Fsp3) is 0.263. The summed E-state index contributed by atoms with van der Waals surface area (Å²) in [5.74, 6) is -0.712. The van der Waals surface area contributed by atoms with E-state index in [-0.39, 0.29) is 6.54 Å². The molecule has 2 amide bonds. The summed E-state index contributed by atoms with van der Waals surface area (Å²) in [4.78, 5) is 24.1. The van der Waals surface area contributed by atoms with Gasteiger partial charge in [0.2, 0.25) is 5.75 Å². The van der Waals surface area contributed by atoms with Crippen LogP contribution < -0.4 is 24.8 Å². The number of aliphatic hydroxyl groups is 1. The van der Waals surface area contributed by atoms with Crippen LogP contribution in [0.4, 0.5) is 5.69 Å². The standard InChI is InChI=1S/C19H22N2O6/c1-25-15-9-13(10-16(26-2)17(15)27-3)21-19(24)18(23)20-11-14(22)12-7-5-4-6-8-12/h4-10,14,22H,11H2,1-3H3,(H,20,23)(H,21,24)/t14-/m1/s1. The highest BCUT2D eigenvalue weighted by Gasteiger charge is 2.19. The topological polar surface area (TPSA) is 106 Å². The Kier molecular flexibility index (Phi) is 7.01. The number of methoxy groups -OCH3 is 3. The third-order valence-electron chi connectivity index (χ3n) is 3.77. The Morgan fingerprint density at radius 1 is 0.963 bits per heavy atom. The maximum absolute atomic E-state index is 12.1. The van der Waals surface area contributed by atoms with E-state index in [1.807, 2.05) is 6.07 Å². The van der Waals surface area contributed by atoms with Crippen LogP contribution in [-0.2, 0) is 9.59 Å². The van der Waals surface area contributed by atoms with E-state index in [1.165, 1.54) is 33.5 Å². The molecule has 27 heavy (non-hydrogen) atoms. The molecule has 0 bridgehead atoms. The van der Waals surface area contributed by atoms with E-state index in [4.69, 9.17) is 14.2 Å². The van der Waals surface area contributed by atoms with Crippen molar-refractivity contribution in [2.24, 2.45) is 0 Å². The Hall–Kier alpha value is -3.26. The molecule has 0 aliphatic heterocycles. The summed E-state index contributed by atoms with van der Waals surface area (Å²) in [6, 6.07) is 11.8. The fourth-order valence-corrected chi connectivity index (χ4v) is 2.40. The largest absolute Gasteiger partial charge is 0.493 e. The molecule has 0 saturated carbocycles. The summed E-state index contributed by atoms with van der Waals surface area (Å²) in [6.45, 7) is -0.0917. The lowest BCUT2D eigenvalue weighted by molar-refractivity contribution is -0.136. The molecule has 1 atom stereocenters. The Labute approximate surface area is 157 Å². The van der Waals surface area contributed by atoms with Gasteiger partial charge in [0, 0.05) is 24.4 Å². The van der Waals surface area contributed by atoms with E-state index < -0.39 is 17.9 Å². The van der Waals surface area contributed by atoms with Gasteiger partial charge in [0.25, 0.3) is 0 Å². The van der Waals surface area contributed by atoms with E-state index in [9.17, 15) is 14.7 Å². The van der Waals surface area contributed by atoms with Gasteiger partial charge in [-0.3, -0.25) is 9.59 Å². The predicted molar refractivity (Wildman–Crippen MR) is 99.1 cm³/mol. The van der Waals surface area contributed by atoms with Gasteiger partial charge in [-0.05, 0) is 5.56 Å². The summed E-state index contributed by atoms with van der Waals surface area (Å²) in [5, 5.41) is 14.9. The number of anilines is 1. The monoisotopic (exact) mass is 374 g/mol. The van der Waals surface area contributed by atoms with Gasteiger partial charge in [0.15, 0.2) is 11.5 Å². The van der Waals surface area contributed by atoms with Crippen LogP contribution in [0.1, 0.15) is 11.7 Å². The van der Waals surface area contributed by atoms with Crippen molar-refractivity contribution in [3.63, 3.8) is 0 Å². The summed E-state index contributed by atoms with van der Waals surface area (Å²) in [7, 11) is 4.35. The predicted octanol–water partition coefficient (Wildman–Crippen LogP) is 1.50. The molecule has 0 saturated heterocycles. The van der Waals surface area contributed by atoms with Gasteiger partial charge >= 0.3 is 11.8 Å². The van der Waals surface area contributed by atoms with Crippen molar-refractivity contribution in [1.29, 1.82) is 0 Å². The van der Waals surface area contributed by atoms with Crippen molar-refractivity contribution in [3.05, 3.63) is 48.0 Å². The summed E-state index contributed by atoms with van der Waals surface area (Å²) in [6.07, 6.45) is -0.913. The minimum Gasteiger partial charge on any atom is -0.493 e. The molecule has 0 aliphatic rings. The molecule has 0 heterocycles. The highest BCUT2D eigenvalue weighted by atomic mass is 16.5. The average molecular weight is 374 g/mol. The number of hydrogen-bond donors (Lipinski definition) is 3. The molecule has 0 aliphatic carbocycles. The fourth-order valence-electron chi connectivity index (χ4n) is 2.40. The van der Waals surface area contributed by atoms with Gasteiger partial charge < -0.3 is 30.0 Å². The SMILES string of the molecule is COc1cc(NC(=O)C(=O)NC[C@@H](O)c2ccccc2)cc(OC)c1OC. The number of carbonyl (C=O) groups excluding carboxylic acids is 2. The number of nitrogens with one attached hydrogen (secondary N) is 2. The number of benzene rings is 2. The van der Waals surface area contributed by atoms with E-state index in [0.29, 0.717) is 28.5 Å². The number of hydrogen-bond acceptors (Lipinski definition) is 6. The molecule has 8 heteroatoms. The maximum Gasteiger partial charge on any atom is 0.313 e. The lowest BCUT2D eigenvalue weighted by Crippen LogP contribution is -2.37. The third kappa shape index (κ3) is 5.11. The maximum atomic E-state index is 12.1. The van der Waals surface area contributed by atoms with Gasteiger partial charge in [-0.25, -0.2) is 0 Å². The number of carbonyl (C=O) groups is 2. The van der Waals surface area contributed by atoms with Crippen molar-refractivity contribution in [1.82, 2.24) is 5.32 Å². The summed E-state index contributed by atoms with van der Waals surface area (Å²) in [5.41, 5.74) is 0.941. The molecule has 2 aromatic carbocycles. The molecule has 0 spiro atoms. The zero-order chi connectivity index (χ0) is 19.8. The number of rotatable bonds is 7. The van der Waals surface area contributed by atoms with Crippen LogP contribution in [0.5, 0.6) is 17.2 Å². The van der Waals surface area contributed by atoms with Crippen molar-refractivity contribution in [3.8, 4) is 17.2 Å². The molecule has 144 valence electrons. The third-order valence-corrected chi connectivity index (χ3v) is 3.77. The van der Waals surface area contributed by atoms with Crippen molar-refractivity contribution < 1.29 is 28.9 Å². The first kappa shape index (κ1) is 20.1. The molecule has 2 aromatic rings. The Bertz CT molecular complexity index is 769.